The summed E-state index contributed by atoms with van der Waals surface area (Å²) in [6.45, 7) is 4.23. The average molecular weight is 445 g/mol. The normalized spacial score (nSPS) is 19.1. The van der Waals surface area contributed by atoms with Crippen LogP contribution < -0.4 is 16.0 Å². The van der Waals surface area contributed by atoms with Crippen LogP contribution in [0.2, 0.25) is 0 Å². The van der Waals surface area contributed by atoms with Gasteiger partial charge in [0, 0.05) is 41.5 Å². The lowest BCUT2D eigenvalue weighted by atomic mass is 10.1. The van der Waals surface area contributed by atoms with E-state index in [-0.39, 0.29) is 12.2 Å². The largest absolute Gasteiger partial charge is 0.446 e. The van der Waals surface area contributed by atoms with E-state index >= 15 is 0 Å². The lowest BCUT2D eigenvalue weighted by Crippen LogP contribution is -2.21. The number of hydrogen-bond acceptors (Lipinski definition) is 4. The van der Waals surface area contributed by atoms with E-state index in [0.29, 0.717) is 12.0 Å². The molecule has 1 saturated heterocycles. The van der Waals surface area contributed by atoms with Crippen molar-refractivity contribution < 1.29 is 9.53 Å². The van der Waals surface area contributed by atoms with Crippen LogP contribution in [-0.2, 0) is 4.74 Å². The standard InChI is InChI=1S/C27H32N4O2/c1-17(18-4-5-18)33-27(32)29-20-8-6-19(7-9-20)26-25(28)23-13-12-22(30-14-2-3-15-30)16-24(23)31(26)21-10-11-21/h6-9,12-13,16-18,21H,2-5,10-11,14-15,28H2,1H3,(H,29,32)/t17-/m1/s1. The number of rotatable bonds is 6. The molecule has 0 unspecified atom stereocenters. The molecule has 6 rings (SSSR count). The molecule has 3 aromatic rings. The summed E-state index contributed by atoms with van der Waals surface area (Å²) >= 11 is 0. The fourth-order valence-electron chi connectivity index (χ4n) is 5.19. The number of hydrogen-bond donors (Lipinski definition) is 2. The maximum absolute atomic E-state index is 12.2. The van der Waals surface area contributed by atoms with Gasteiger partial charge in [-0.1, -0.05) is 12.1 Å². The van der Waals surface area contributed by atoms with Gasteiger partial charge in [0.15, 0.2) is 0 Å². The van der Waals surface area contributed by atoms with Crippen LogP contribution in [0.3, 0.4) is 0 Å². The van der Waals surface area contributed by atoms with E-state index in [1.54, 1.807) is 0 Å². The summed E-state index contributed by atoms with van der Waals surface area (Å²) in [5, 5.41) is 3.98. The minimum Gasteiger partial charge on any atom is -0.446 e. The van der Waals surface area contributed by atoms with Gasteiger partial charge in [0.05, 0.1) is 16.9 Å². The minimum atomic E-state index is -0.386. The molecule has 2 heterocycles. The number of nitrogens with two attached hydrogens (primary N) is 1. The Morgan fingerprint density at radius 3 is 2.45 bits per heavy atom. The van der Waals surface area contributed by atoms with Gasteiger partial charge in [0.1, 0.15) is 6.10 Å². The van der Waals surface area contributed by atoms with Crippen LogP contribution in [0.1, 0.15) is 51.5 Å². The first-order valence-electron chi connectivity index (χ1n) is 12.3. The summed E-state index contributed by atoms with van der Waals surface area (Å²) in [6, 6.07) is 15.2. The van der Waals surface area contributed by atoms with E-state index in [2.05, 4.69) is 33.0 Å². The monoisotopic (exact) mass is 444 g/mol. The van der Waals surface area contributed by atoms with E-state index in [1.807, 2.05) is 31.2 Å². The molecule has 2 saturated carbocycles. The summed E-state index contributed by atoms with van der Waals surface area (Å²) in [7, 11) is 0. The van der Waals surface area contributed by atoms with Crippen molar-refractivity contribution in [2.75, 3.05) is 29.0 Å². The Labute approximate surface area is 194 Å². The molecular weight excluding hydrogens is 412 g/mol. The molecule has 6 heteroatoms. The summed E-state index contributed by atoms with van der Waals surface area (Å²) in [6.07, 6.45) is 6.80. The average Bonchev–Trinajstić information content (AvgIpc) is 3.75. The van der Waals surface area contributed by atoms with Crippen molar-refractivity contribution in [3.63, 3.8) is 0 Å². The van der Waals surface area contributed by atoms with E-state index in [0.717, 1.165) is 53.9 Å². The van der Waals surface area contributed by atoms with E-state index < -0.39 is 0 Å². The number of amides is 1. The predicted molar refractivity (Wildman–Crippen MR) is 134 cm³/mol. The lowest BCUT2D eigenvalue weighted by molar-refractivity contribution is 0.108. The second-order valence-corrected chi connectivity index (χ2v) is 9.91. The number of aromatic nitrogens is 1. The molecule has 172 valence electrons. The smallest absolute Gasteiger partial charge is 0.411 e. The second-order valence-electron chi connectivity index (χ2n) is 9.91. The molecule has 3 fully saturated rings. The molecule has 1 amide bonds. The highest BCUT2D eigenvalue weighted by Gasteiger charge is 2.31. The fourth-order valence-corrected chi connectivity index (χ4v) is 5.19. The highest BCUT2D eigenvalue weighted by atomic mass is 16.6. The van der Waals surface area contributed by atoms with Crippen LogP contribution in [0.25, 0.3) is 22.2 Å². The molecule has 33 heavy (non-hydrogen) atoms. The Morgan fingerprint density at radius 1 is 1.06 bits per heavy atom. The van der Waals surface area contributed by atoms with Crippen molar-refractivity contribution in [3.05, 3.63) is 42.5 Å². The Hall–Kier alpha value is -3.15. The van der Waals surface area contributed by atoms with E-state index in [9.17, 15) is 4.79 Å². The SMILES string of the molecule is C[C@@H](OC(=O)Nc1ccc(-c2c(N)c3ccc(N4CCCC4)cc3n2C2CC2)cc1)C1CC1. The van der Waals surface area contributed by atoms with Gasteiger partial charge in [-0.25, -0.2) is 4.79 Å². The highest BCUT2D eigenvalue weighted by molar-refractivity contribution is 6.02. The molecule has 3 N–H and O–H groups in total. The topological polar surface area (TPSA) is 72.5 Å². The fraction of sp³-hybridized carbons (Fsp3) is 0.444. The number of nitrogens with one attached hydrogen (secondary N) is 1. The molecule has 3 aliphatic rings. The summed E-state index contributed by atoms with van der Waals surface area (Å²) in [5.74, 6) is 0.524. The van der Waals surface area contributed by atoms with Gasteiger partial charge in [0.25, 0.3) is 0 Å². The summed E-state index contributed by atoms with van der Waals surface area (Å²) in [4.78, 5) is 14.7. The molecule has 0 radical (unpaired) electrons. The maximum Gasteiger partial charge on any atom is 0.411 e. The van der Waals surface area contributed by atoms with Crippen molar-refractivity contribution in [2.45, 2.75) is 57.6 Å². The molecule has 1 atom stereocenters. The predicted octanol–water partition coefficient (Wildman–Crippen LogP) is 6.17. The van der Waals surface area contributed by atoms with Gasteiger partial charge in [-0.2, -0.15) is 0 Å². The van der Waals surface area contributed by atoms with Gasteiger partial charge in [0.2, 0.25) is 0 Å². The first-order chi connectivity index (χ1) is 16.1. The second kappa shape index (κ2) is 8.01. The number of benzene rings is 2. The Balaban J connectivity index is 1.29. The van der Waals surface area contributed by atoms with Crippen molar-refractivity contribution in [1.82, 2.24) is 4.57 Å². The third-order valence-corrected chi connectivity index (χ3v) is 7.39. The zero-order valence-corrected chi connectivity index (χ0v) is 19.2. The summed E-state index contributed by atoms with van der Waals surface area (Å²) in [5.41, 5.74) is 13.0. The van der Waals surface area contributed by atoms with Gasteiger partial charge >= 0.3 is 6.09 Å². The van der Waals surface area contributed by atoms with Crippen LogP contribution in [-0.4, -0.2) is 29.9 Å². The molecule has 2 aliphatic carbocycles. The van der Waals surface area contributed by atoms with E-state index in [1.165, 1.54) is 36.9 Å². The van der Waals surface area contributed by atoms with Crippen molar-refractivity contribution in [1.29, 1.82) is 0 Å². The van der Waals surface area contributed by atoms with Gasteiger partial charge in [-0.15, -0.1) is 0 Å². The zero-order chi connectivity index (χ0) is 22.5. The molecule has 0 bridgehead atoms. The number of fused-ring (bicyclic) bond motifs is 1. The van der Waals surface area contributed by atoms with Gasteiger partial charge in [-0.05, 0) is 81.7 Å². The first-order valence-corrected chi connectivity index (χ1v) is 12.3. The first kappa shape index (κ1) is 20.5. The van der Waals surface area contributed by atoms with Crippen LogP contribution in [0, 0.1) is 5.92 Å². The molecule has 1 aliphatic heterocycles. The quantitative estimate of drug-likeness (QED) is 0.477. The van der Waals surface area contributed by atoms with Gasteiger partial charge < -0.3 is 19.9 Å². The Morgan fingerprint density at radius 2 is 1.79 bits per heavy atom. The van der Waals surface area contributed by atoms with E-state index in [4.69, 9.17) is 10.5 Å². The Kier molecular flexibility index (Phi) is 4.97. The highest BCUT2D eigenvalue weighted by Crippen LogP contribution is 2.47. The number of ether oxygens (including phenoxy) is 1. The van der Waals surface area contributed by atoms with Crippen molar-refractivity contribution >= 4 is 34.1 Å². The lowest BCUT2D eigenvalue weighted by Gasteiger charge is -2.18. The third kappa shape index (κ3) is 3.92. The minimum absolute atomic E-state index is 0.0243. The number of nitrogens with zero attached hydrogens (tertiary/aromatic N) is 2. The number of nitrogen functional groups attached to an aromatic ring is 1. The van der Waals surface area contributed by atoms with Gasteiger partial charge in [-0.3, -0.25) is 5.32 Å². The molecular formula is C27H32N4O2. The third-order valence-electron chi connectivity index (χ3n) is 7.39. The van der Waals surface area contributed by atoms with Crippen LogP contribution in [0.4, 0.5) is 21.9 Å². The zero-order valence-electron chi connectivity index (χ0n) is 19.2. The number of carbonyl (C=O) groups excluding carboxylic acids is 1. The molecule has 0 spiro atoms. The van der Waals surface area contributed by atoms with Crippen LogP contribution in [0.5, 0.6) is 0 Å². The maximum atomic E-state index is 12.2. The van der Waals surface area contributed by atoms with Crippen LogP contribution >= 0.6 is 0 Å². The van der Waals surface area contributed by atoms with Crippen molar-refractivity contribution in [2.24, 2.45) is 5.92 Å². The number of carbonyl (C=O) groups is 1. The summed E-state index contributed by atoms with van der Waals surface area (Å²) < 4.78 is 7.93. The van der Waals surface area contributed by atoms with Crippen LogP contribution in [0.15, 0.2) is 42.5 Å². The van der Waals surface area contributed by atoms with Crippen molar-refractivity contribution in [3.8, 4) is 11.3 Å². The number of anilines is 3. The molecule has 6 nitrogen and oxygen atoms in total. The Bertz CT molecular complexity index is 1190. The molecule has 1 aromatic heterocycles. The molecule has 2 aromatic carbocycles.